The van der Waals surface area contributed by atoms with Crippen LogP contribution in [0, 0.1) is 0 Å². The van der Waals surface area contributed by atoms with Crippen LogP contribution in [-0.4, -0.2) is 52.7 Å². The molecule has 0 bridgehead atoms. The molecule has 0 radical (unpaired) electrons. The van der Waals surface area contributed by atoms with Crippen molar-refractivity contribution in [1.82, 2.24) is 40.1 Å². The van der Waals surface area contributed by atoms with Crippen molar-refractivity contribution < 1.29 is 4.79 Å². The minimum atomic E-state index is -0.201. The Bertz CT molecular complexity index is 1080. The number of rotatable bonds is 8. The molecule has 1 atom stereocenters. The zero-order chi connectivity index (χ0) is 20.1. The van der Waals surface area contributed by atoms with Crippen LogP contribution in [0.3, 0.4) is 0 Å². The number of amides is 1. The maximum Gasteiger partial charge on any atom is 0.225 e. The van der Waals surface area contributed by atoms with E-state index in [4.69, 9.17) is 0 Å². The first-order valence-electron chi connectivity index (χ1n) is 9.15. The second-order valence-electron chi connectivity index (χ2n) is 6.49. The molecule has 1 aromatic carbocycles. The van der Waals surface area contributed by atoms with Crippen LogP contribution in [0.5, 0.6) is 0 Å². The van der Waals surface area contributed by atoms with E-state index in [1.54, 1.807) is 16.4 Å². The van der Waals surface area contributed by atoms with Crippen LogP contribution in [0.2, 0.25) is 0 Å². The van der Waals surface area contributed by atoms with Crippen molar-refractivity contribution in [2.45, 2.75) is 18.9 Å². The fraction of sp³-hybridized carbons (Fsp3) is 0.263. The Balaban J connectivity index is 1.46. The summed E-state index contributed by atoms with van der Waals surface area (Å²) < 4.78 is 3.49. The lowest BCUT2D eigenvalue weighted by Crippen LogP contribution is -2.31. The van der Waals surface area contributed by atoms with E-state index in [1.807, 2.05) is 59.3 Å². The monoisotopic (exact) mass is 408 g/mol. The summed E-state index contributed by atoms with van der Waals surface area (Å²) in [7, 11) is 0. The molecule has 0 saturated heterocycles. The highest BCUT2D eigenvalue weighted by Gasteiger charge is 2.20. The predicted octanol–water partition coefficient (Wildman–Crippen LogP) is 1.86. The van der Waals surface area contributed by atoms with Crippen LogP contribution < -0.4 is 5.32 Å². The van der Waals surface area contributed by atoms with Gasteiger partial charge in [0.15, 0.2) is 11.5 Å². The van der Waals surface area contributed by atoms with Gasteiger partial charge in [-0.25, -0.2) is 4.68 Å². The molecule has 0 aliphatic rings. The van der Waals surface area contributed by atoms with E-state index >= 15 is 0 Å². The maximum atomic E-state index is 12.7. The smallest absolute Gasteiger partial charge is 0.225 e. The summed E-state index contributed by atoms with van der Waals surface area (Å²) in [4.78, 5) is 12.7. The molecule has 1 N–H and O–H groups in total. The number of tetrazole rings is 1. The van der Waals surface area contributed by atoms with Crippen LogP contribution in [-0.2, 0) is 11.2 Å². The molecule has 148 valence electrons. The minimum Gasteiger partial charge on any atom is -0.346 e. The number of nitrogens with zero attached hydrogens (tertiary/aromatic N) is 7. The topological polar surface area (TPSA) is 103 Å². The van der Waals surface area contributed by atoms with E-state index in [2.05, 4.69) is 31.0 Å². The fourth-order valence-corrected chi connectivity index (χ4v) is 3.55. The zero-order valence-electron chi connectivity index (χ0n) is 15.8. The molecule has 29 heavy (non-hydrogen) atoms. The molecule has 0 aliphatic carbocycles. The Labute approximate surface area is 171 Å². The molecule has 0 aliphatic heterocycles. The van der Waals surface area contributed by atoms with Crippen molar-refractivity contribution in [3.63, 3.8) is 0 Å². The van der Waals surface area contributed by atoms with Crippen molar-refractivity contribution in [3.8, 4) is 5.69 Å². The molecular weight excluding hydrogens is 388 g/mol. The molecule has 10 heteroatoms. The van der Waals surface area contributed by atoms with Gasteiger partial charge >= 0.3 is 0 Å². The number of nitrogens with one attached hydrogen (secondary N) is 1. The summed E-state index contributed by atoms with van der Waals surface area (Å²) in [6.07, 6.45) is 6.55. The summed E-state index contributed by atoms with van der Waals surface area (Å²) in [6.45, 7) is 0. The number of carbonyl (C=O) groups excluding carboxylic acids is 1. The number of benzene rings is 1. The van der Waals surface area contributed by atoms with Crippen molar-refractivity contribution >= 4 is 23.3 Å². The van der Waals surface area contributed by atoms with Crippen LogP contribution >= 0.6 is 11.8 Å². The Morgan fingerprint density at radius 1 is 1.17 bits per heavy atom. The normalized spacial score (nSPS) is 12.2. The van der Waals surface area contributed by atoms with Gasteiger partial charge in [-0.05, 0) is 58.7 Å². The van der Waals surface area contributed by atoms with E-state index in [0.29, 0.717) is 0 Å². The van der Waals surface area contributed by atoms with Gasteiger partial charge in [-0.3, -0.25) is 9.20 Å². The Morgan fingerprint density at radius 3 is 2.79 bits per heavy atom. The molecule has 0 saturated carbocycles. The molecule has 4 aromatic rings. The highest BCUT2D eigenvalue weighted by Crippen LogP contribution is 2.18. The highest BCUT2D eigenvalue weighted by atomic mass is 32.2. The standard InChI is InChI=1S/C19H20N8OS/c1-29-11-9-16(19-23-22-17-4-2-3-10-26(17)19)21-18(28)12-14-5-7-15(8-6-14)27-13-20-24-25-27/h2-8,10,13,16H,9,11-12H2,1H3,(H,21,28). The van der Waals surface area contributed by atoms with Crippen molar-refractivity contribution in [3.05, 3.63) is 66.4 Å². The number of aromatic nitrogens is 7. The number of carbonyl (C=O) groups is 1. The van der Waals surface area contributed by atoms with E-state index in [-0.39, 0.29) is 18.4 Å². The molecule has 9 nitrogen and oxygen atoms in total. The predicted molar refractivity (Wildman–Crippen MR) is 110 cm³/mol. The Hall–Kier alpha value is -3.27. The Morgan fingerprint density at radius 2 is 2.03 bits per heavy atom. The Kier molecular flexibility index (Phi) is 5.80. The van der Waals surface area contributed by atoms with E-state index < -0.39 is 0 Å². The van der Waals surface area contributed by atoms with Crippen LogP contribution in [0.15, 0.2) is 55.0 Å². The van der Waals surface area contributed by atoms with Crippen LogP contribution in [0.1, 0.15) is 23.9 Å². The third-order valence-electron chi connectivity index (χ3n) is 4.51. The van der Waals surface area contributed by atoms with Gasteiger partial charge in [0.2, 0.25) is 5.91 Å². The minimum absolute atomic E-state index is 0.0565. The molecule has 1 unspecified atom stereocenters. The molecular formula is C19H20N8OS. The SMILES string of the molecule is CSCCC(NC(=O)Cc1ccc(-n2cnnn2)cc1)c1nnc2ccccn12. The number of hydrogen-bond donors (Lipinski definition) is 1. The quantitative estimate of drug-likeness (QED) is 0.475. The summed E-state index contributed by atoms with van der Waals surface area (Å²) in [5.41, 5.74) is 2.52. The third kappa shape index (κ3) is 4.43. The van der Waals surface area contributed by atoms with Crippen molar-refractivity contribution in [1.29, 1.82) is 0 Å². The maximum absolute atomic E-state index is 12.7. The summed E-state index contributed by atoms with van der Waals surface area (Å²) in [5.74, 6) is 1.60. The lowest BCUT2D eigenvalue weighted by molar-refractivity contribution is -0.121. The molecule has 0 fully saturated rings. The first-order chi connectivity index (χ1) is 14.2. The highest BCUT2D eigenvalue weighted by molar-refractivity contribution is 7.98. The zero-order valence-corrected chi connectivity index (χ0v) is 16.7. The molecule has 4 rings (SSSR count). The average Bonchev–Trinajstić information content (AvgIpc) is 3.42. The lowest BCUT2D eigenvalue weighted by atomic mass is 10.1. The van der Waals surface area contributed by atoms with Crippen LogP contribution in [0.4, 0.5) is 0 Å². The summed E-state index contributed by atoms with van der Waals surface area (Å²) in [5, 5.41) is 22.8. The lowest BCUT2D eigenvalue weighted by Gasteiger charge is -2.17. The first-order valence-corrected chi connectivity index (χ1v) is 10.5. The third-order valence-corrected chi connectivity index (χ3v) is 5.16. The van der Waals surface area contributed by atoms with Gasteiger partial charge in [0.1, 0.15) is 6.33 Å². The molecule has 3 heterocycles. The van der Waals surface area contributed by atoms with Gasteiger partial charge in [0.05, 0.1) is 18.2 Å². The van der Waals surface area contributed by atoms with Crippen molar-refractivity contribution in [2.75, 3.05) is 12.0 Å². The summed E-state index contributed by atoms with van der Waals surface area (Å²) in [6, 6.07) is 13.1. The second kappa shape index (κ2) is 8.82. The van der Waals surface area contributed by atoms with Gasteiger partial charge in [-0.1, -0.05) is 18.2 Å². The van der Waals surface area contributed by atoms with Gasteiger partial charge in [0.25, 0.3) is 0 Å². The second-order valence-corrected chi connectivity index (χ2v) is 7.47. The van der Waals surface area contributed by atoms with Crippen molar-refractivity contribution in [2.24, 2.45) is 0 Å². The van der Waals surface area contributed by atoms with Gasteiger partial charge in [-0.15, -0.1) is 15.3 Å². The van der Waals surface area contributed by atoms with E-state index in [1.165, 1.54) is 6.33 Å². The number of hydrogen-bond acceptors (Lipinski definition) is 7. The number of thioether (sulfide) groups is 1. The number of fused-ring (bicyclic) bond motifs is 1. The summed E-state index contributed by atoms with van der Waals surface area (Å²) >= 11 is 1.74. The number of pyridine rings is 1. The first kappa shape index (κ1) is 19.1. The van der Waals surface area contributed by atoms with Gasteiger partial charge in [-0.2, -0.15) is 11.8 Å². The molecule has 0 spiro atoms. The van der Waals surface area contributed by atoms with E-state index in [9.17, 15) is 4.79 Å². The van der Waals surface area contributed by atoms with Gasteiger partial charge < -0.3 is 5.32 Å². The van der Waals surface area contributed by atoms with Gasteiger partial charge in [0, 0.05) is 6.20 Å². The molecule has 3 aromatic heterocycles. The fourth-order valence-electron chi connectivity index (χ4n) is 3.08. The van der Waals surface area contributed by atoms with E-state index in [0.717, 1.165) is 34.9 Å². The largest absolute Gasteiger partial charge is 0.346 e. The van der Waals surface area contributed by atoms with Crippen LogP contribution in [0.25, 0.3) is 11.3 Å². The average molecular weight is 408 g/mol. The molecule has 1 amide bonds.